The molecule has 2 nitrogen and oxygen atoms in total. The monoisotopic (exact) mass is 371 g/mol. The first-order valence-corrected chi connectivity index (χ1v) is 10.3. The fraction of sp³-hybridized carbons (Fsp3) is 0.308. The quantitative estimate of drug-likeness (QED) is 0.634. The standard InChI is InChI=1S/C26H29NO/c1-19(2)24-17-27(25(18-28)20-11-5-3-6-12-20)26(21-13-7-4-8-14-21)23-16-10-9-15-22(23)24/h3-16,19,24-26,28H,17-18H2,1-2H3/t24-,25+,26-/m1/s1. The summed E-state index contributed by atoms with van der Waals surface area (Å²) in [5, 5.41) is 10.4. The molecule has 144 valence electrons. The topological polar surface area (TPSA) is 23.5 Å². The van der Waals surface area contributed by atoms with Crippen molar-refractivity contribution in [1.82, 2.24) is 4.90 Å². The van der Waals surface area contributed by atoms with Crippen LogP contribution in [0, 0.1) is 5.92 Å². The molecule has 0 radical (unpaired) electrons. The van der Waals surface area contributed by atoms with Crippen LogP contribution in [-0.2, 0) is 0 Å². The highest BCUT2D eigenvalue weighted by Gasteiger charge is 2.38. The zero-order valence-electron chi connectivity index (χ0n) is 16.7. The smallest absolute Gasteiger partial charge is 0.0628 e. The number of aliphatic hydroxyl groups is 1. The van der Waals surface area contributed by atoms with Gasteiger partial charge in [-0.1, -0.05) is 98.8 Å². The molecule has 4 rings (SSSR count). The van der Waals surface area contributed by atoms with Gasteiger partial charge in [0.2, 0.25) is 0 Å². The Hall–Kier alpha value is -2.42. The van der Waals surface area contributed by atoms with Gasteiger partial charge in [0, 0.05) is 6.54 Å². The number of aliphatic hydroxyl groups excluding tert-OH is 1. The van der Waals surface area contributed by atoms with Gasteiger partial charge in [-0.05, 0) is 34.1 Å². The second kappa shape index (κ2) is 8.30. The summed E-state index contributed by atoms with van der Waals surface area (Å²) in [5.74, 6) is 0.990. The summed E-state index contributed by atoms with van der Waals surface area (Å²) in [6, 6.07) is 30.1. The molecule has 28 heavy (non-hydrogen) atoms. The molecule has 3 aromatic carbocycles. The molecular weight excluding hydrogens is 342 g/mol. The molecule has 3 aromatic rings. The number of fused-ring (bicyclic) bond motifs is 1. The van der Waals surface area contributed by atoms with Crippen LogP contribution in [0.1, 0.15) is 54.1 Å². The Balaban J connectivity index is 1.87. The lowest BCUT2D eigenvalue weighted by Crippen LogP contribution is -2.43. The lowest BCUT2D eigenvalue weighted by molar-refractivity contribution is 0.0741. The van der Waals surface area contributed by atoms with Gasteiger partial charge in [-0.25, -0.2) is 0 Å². The molecule has 0 spiro atoms. The number of hydrogen-bond donors (Lipinski definition) is 1. The molecule has 2 heteroatoms. The summed E-state index contributed by atoms with van der Waals surface area (Å²) in [5.41, 5.74) is 5.28. The lowest BCUT2D eigenvalue weighted by atomic mass is 9.77. The number of benzene rings is 3. The van der Waals surface area contributed by atoms with Crippen molar-refractivity contribution in [3.8, 4) is 0 Å². The Morgan fingerprint density at radius 2 is 1.39 bits per heavy atom. The Morgan fingerprint density at radius 1 is 0.821 bits per heavy atom. The Kier molecular flexibility index (Phi) is 5.61. The van der Waals surface area contributed by atoms with Crippen molar-refractivity contribution in [3.05, 3.63) is 107 Å². The van der Waals surface area contributed by atoms with E-state index in [-0.39, 0.29) is 18.7 Å². The van der Waals surface area contributed by atoms with Crippen molar-refractivity contribution in [2.45, 2.75) is 31.8 Å². The maximum atomic E-state index is 10.4. The maximum Gasteiger partial charge on any atom is 0.0628 e. The van der Waals surface area contributed by atoms with Gasteiger partial charge in [-0.2, -0.15) is 0 Å². The first-order chi connectivity index (χ1) is 13.7. The highest BCUT2D eigenvalue weighted by molar-refractivity contribution is 5.43. The van der Waals surface area contributed by atoms with Gasteiger partial charge in [0.15, 0.2) is 0 Å². The molecule has 0 bridgehead atoms. The van der Waals surface area contributed by atoms with E-state index in [1.165, 1.54) is 22.3 Å². The molecule has 0 unspecified atom stereocenters. The average molecular weight is 372 g/mol. The number of nitrogens with zero attached hydrogens (tertiary/aromatic N) is 1. The molecule has 0 aliphatic carbocycles. The minimum Gasteiger partial charge on any atom is -0.394 e. The molecule has 1 aliphatic heterocycles. The summed E-state index contributed by atoms with van der Waals surface area (Å²) in [6.45, 7) is 5.66. The van der Waals surface area contributed by atoms with Gasteiger partial charge in [0.05, 0.1) is 18.7 Å². The molecule has 1 N–H and O–H groups in total. The molecular formula is C26H29NO. The normalized spacial score (nSPS) is 20.7. The van der Waals surface area contributed by atoms with E-state index in [4.69, 9.17) is 0 Å². The lowest BCUT2D eigenvalue weighted by Gasteiger charge is -2.46. The predicted molar refractivity (Wildman–Crippen MR) is 115 cm³/mol. The zero-order chi connectivity index (χ0) is 19.5. The van der Waals surface area contributed by atoms with Gasteiger partial charge in [-0.15, -0.1) is 0 Å². The molecule has 1 heterocycles. The van der Waals surface area contributed by atoms with Crippen LogP contribution < -0.4 is 0 Å². The van der Waals surface area contributed by atoms with Crippen molar-refractivity contribution >= 4 is 0 Å². The molecule has 0 saturated heterocycles. The summed E-state index contributed by atoms with van der Waals surface area (Å²) < 4.78 is 0. The fourth-order valence-electron chi connectivity index (χ4n) is 4.67. The van der Waals surface area contributed by atoms with Gasteiger partial charge >= 0.3 is 0 Å². The number of rotatable bonds is 5. The molecule has 1 aliphatic rings. The van der Waals surface area contributed by atoms with E-state index in [0.717, 1.165) is 6.54 Å². The van der Waals surface area contributed by atoms with Crippen LogP contribution in [0.5, 0.6) is 0 Å². The fourth-order valence-corrected chi connectivity index (χ4v) is 4.67. The third-order valence-electron chi connectivity index (χ3n) is 6.11. The first-order valence-electron chi connectivity index (χ1n) is 10.3. The van der Waals surface area contributed by atoms with Crippen LogP contribution in [0.25, 0.3) is 0 Å². The minimum atomic E-state index is -0.0268. The van der Waals surface area contributed by atoms with E-state index in [9.17, 15) is 5.11 Å². The Labute approximate surface area is 168 Å². The average Bonchev–Trinajstić information content (AvgIpc) is 2.75. The van der Waals surface area contributed by atoms with Crippen LogP contribution in [0.2, 0.25) is 0 Å². The number of hydrogen-bond acceptors (Lipinski definition) is 2. The minimum absolute atomic E-state index is 0.0268. The van der Waals surface area contributed by atoms with E-state index < -0.39 is 0 Å². The Bertz CT molecular complexity index is 891. The van der Waals surface area contributed by atoms with E-state index >= 15 is 0 Å². The second-order valence-corrected chi connectivity index (χ2v) is 8.10. The van der Waals surface area contributed by atoms with Crippen molar-refractivity contribution in [3.63, 3.8) is 0 Å². The van der Waals surface area contributed by atoms with Crippen molar-refractivity contribution < 1.29 is 5.11 Å². The van der Waals surface area contributed by atoms with E-state index in [1.54, 1.807) is 0 Å². The summed E-state index contributed by atoms with van der Waals surface area (Å²) >= 11 is 0. The van der Waals surface area contributed by atoms with Crippen LogP contribution in [0.15, 0.2) is 84.9 Å². The molecule has 0 saturated carbocycles. The van der Waals surface area contributed by atoms with E-state index in [0.29, 0.717) is 11.8 Å². The summed E-state index contributed by atoms with van der Waals surface area (Å²) in [4.78, 5) is 2.51. The SMILES string of the molecule is CC(C)[C@H]1CN([C@@H](CO)c2ccccc2)[C@H](c2ccccc2)c2ccccc21. The molecule has 0 amide bonds. The van der Waals surface area contributed by atoms with Crippen LogP contribution in [0.4, 0.5) is 0 Å². The molecule has 0 fully saturated rings. The summed E-state index contributed by atoms with van der Waals surface area (Å²) in [6.07, 6.45) is 0. The van der Waals surface area contributed by atoms with E-state index in [2.05, 4.69) is 97.6 Å². The van der Waals surface area contributed by atoms with Crippen molar-refractivity contribution in [2.75, 3.05) is 13.2 Å². The third kappa shape index (κ3) is 3.50. The summed E-state index contributed by atoms with van der Waals surface area (Å²) in [7, 11) is 0. The van der Waals surface area contributed by atoms with Crippen LogP contribution in [-0.4, -0.2) is 23.2 Å². The van der Waals surface area contributed by atoms with E-state index in [1.807, 2.05) is 6.07 Å². The first kappa shape index (κ1) is 18.9. The Morgan fingerprint density at radius 3 is 2.00 bits per heavy atom. The van der Waals surface area contributed by atoms with Gasteiger partial charge in [-0.3, -0.25) is 4.90 Å². The highest BCUT2D eigenvalue weighted by atomic mass is 16.3. The zero-order valence-corrected chi connectivity index (χ0v) is 16.7. The van der Waals surface area contributed by atoms with Gasteiger partial charge in [0.25, 0.3) is 0 Å². The maximum absolute atomic E-state index is 10.4. The van der Waals surface area contributed by atoms with Gasteiger partial charge in [0.1, 0.15) is 0 Å². The largest absolute Gasteiger partial charge is 0.394 e. The van der Waals surface area contributed by atoms with Gasteiger partial charge < -0.3 is 5.11 Å². The van der Waals surface area contributed by atoms with Crippen LogP contribution >= 0.6 is 0 Å². The predicted octanol–water partition coefficient (Wildman–Crippen LogP) is 5.56. The van der Waals surface area contributed by atoms with Crippen molar-refractivity contribution in [2.24, 2.45) is 5.92 Å². The third-order valence-corrected chi connectivity index (χ3v) is 6.11. The highest BCUT2D eigenvalue weighted by Crippen LogP contribution is 2.45. The van der Waals surface area contributed by atoms with Crippen molar-refractivity contribution in [1.29, 1.82) is 0 Å². The second-order valence-electron chi connectivity index (χ2n) is 8.10. The molecule has 3 atom stereocenters. The van der Waals surface area contributed by atoms with Crippen LogP contribution in [0.3, 0.4) is 0 Å². The molecule has 0 aromatic heterocycles.